The number of anilines is 1. The van der Waals surface area contributed by atoms with Gasteiger partial charge in [0, 0.05) is 23.3 Å². The topological polar surface area (TPSA) is 81.4 Å². The van der Waals surface area contributed by atoms with Crippen LogP contribution in [0.2, 0.25) is 0 Å². The minimum Gasteiger partial charge on any atom is -0.466 e. The van der Waals surface area contributed by atoms with Crippen molar-refractivity contribution in [3.05, 3.63) is 59.1 Å². The first-order valence-electron chi connectivity index (χ1n) is 7.84. The number of nitrogens with zero attached hydrogens (tertiary/aromatic N) is 4. The molecule has 3 rings (SSSR count). The number of aromatic nitrogens is 3. The number of hydrogen-bond acceptors (Lipinski definition) is 7. The molecule has 0 atom stereocenters. The van der Waals surface area contributed by atoms with E-state index in [0.717, 1.165) is 0 Å². The van der Waals surface area contributed by atoms with Gasteiger partial charge in [0.25, 0.3) is 0 Å². The van der Waals surface area contributed by atoms with Crippen molar-refractivity contribution in [2.75, 3.05) is 12.0 Å². The van der Waals surface area contributed by atoms with Crippen LogP contribution in [0.3, 0.4) is 0 Å². The van der Waals surface area contributed by atoms with Gasteiger partial charge < -0.3 is 4.74 Å². The number of benzene rings is 1. The van der Waals surface area contributed by atoms with Crippen molar-refractivity contribution in [1.29, 1.82) is 0 Å². The lowest BCUT2D eigenvalue weighted by molar-refractivity contribution is -0.142. The highest BCUT2D eigenvalue weighted by Gasteiger charge is 2.08. The van der Waals surface area contributed by atoms with E-state index in [-0.39, 0.29) is 18.2 Å². The molecule has 2 heterocycles. The molecule has 9 heteroatoms. The summed E-state index contributed by atoms with van der Waals surface area (Å²) in [5, 5.41) is 10.5. The molecule has 0 unspecified atom stereocenters. The van der Waals surface area contributed by atoms with Crippen molar-refractivity contribution in [2.24, 2.45) is 5.10 Å². The lowest BCUT2D eigenvalue weighted by Gasteiger charge is -2.05. The van der Waals surface area contributed by atoms with Gasteiger partial charge in [-0.15, -0.1) is 11.3 Å². The summed E-state index contributed by atoms with van der Waals surface area (Å²) in [6.45, 7) is 2.09. The zero-order valence-corrected chi connectivity index (χ0v) is 14.7. The van der Waals surface area contributed by atoms with Gasteiger partial charge in [-0.05, 0) is 31.2 Å². The summed E-state index contributed by atoms with van der Waals surface area (Å²) < 4.78 is 20.1. The second kappa shape index (κ2) is 8.34. The molecular formula is C17H16FN5O2S. The molecule has 1 aromatic carbocycles. The molecule has 1 N–H and O–H groups in total. The van der Waals surface area contributed by atoms with Crippen LogP contribution in [-0.2, 0) is 16.0 Å². The molecule has 2 aromatic heterocycles. The quantitative estimate of drug-likeness (QED) is 0.391. The summed E-state index contributed by atoms with van der Waals surface area (Å²) in [6, 6.07) is 6.15. The fourth-order valence-corrected chi connectivity index (χ4v) is 2.86. The van der Waals surface area contributed by atoms with Gasteiger partial charge in [0.05, 0.1) is 30.6 Å². The maximum absolute atomic E-state index is 13.6. The van der Waals surface area contributed by atoms with E-state index in [4.69, 9.17) is 4.74 Å². The van der Waals surface area contributed by atoms with Crippen molar-refractivity contribution >= 4 is 28.7 Å². The lowest BCUT2D eigenvalue weighted by Crippen LogP contribution is -2.07. The molecule has 7 nitrogen and oxygen atoms in total. The molecular weight excluding hydrogens is 357 g/mol. The molecule has 0 aliphatic carbocycles. The molecule has 0 saturated carbocycles. The van der Waals surface area contributed by atoms with E-state index in [1.165, 1.54) is 29.7 Å². The molecule has 0 bridgehead atoms. The maximum atomic E-state index is 13.6. The van der Waals surface area contributed by atoms with Crippen LogP contribution in [0.1, 0.15) is 18.2 Å². The van der Waals surface area contributed by atoms with Crippen LogP contribution < -0.4 is 5.43 Å². The predicted molar refractivity (Wildman–Crippen MR) is 97.2 cm³/mol. The van der Waals surface area contributed by atoms with Crippen molar-refractivity contribution in [2.45, 2.75) is 13.3 Å². The zero-order valence-electron chi connectivity index (χ0n) is 13.9. The Hall–Kier alpha value is -3.07. The Morgan fingerprint density at radius 2 is 2.38 bits per heavy atom. The van der Waals surface area contributed by atoms with Gasteiger partial charge in [-0.25, -0.2) is 14.1 Å². The van der Waals surface area contributed by atoms with Gasteiger partial charge in [-0.3, -0.25) is 10.2 Å². The van der Waals surface area contributed by atoms with Crippen molar-refractivity contribution in [3.63, 3.8) is 0 Å². The van der Waals surface area contributed by atoms with Gasteiger partial charge in [-0.2, -0.15) is 10.2 Å². The number of rotatable bonds is 7. The summed E-state index contributed by atoms with van der Waals surface area (Å²) in [5.74, 6) is -0.690. The first kappa shape index (κ1) is 17.7. The van der Waals surface area contributed by atoms with E-state index < -0.39 is 0 Å². The van der Waals surface area contributed by atoms with Crippen LogP contribution >= 0.6 is 11.3 Å². The minimum absolute atomic E-state index is 0.114. The molecule has 0 aliphatic rings. The normalized spacial score (nSPS) is 11.0. The number of hydrazone groups is 1. The van der Waals surface area contributed by atoms with Crippen LogP contribution in [0.15, 0.2) is 47.1 Å². The fraction of sp³-hybridized carbons (Fsp3) is 0.176. The largest absolute Gasteiger partial charge is 0.466 e. The summed E-state index contributed by atoms with van der Waals surface area (Å²) in [4.78, 5) is 15.7. The zero-order chi connectivity index (χ0) is 18.4. The van der Waals surface area contributed by atoms with E-state index in [2.05, 4.69) is 20.6 Å². The number of halogens is 1. The smallest absolute Gasteiger partial charge is 0.311 e. The number of carbonyl (C=O) groups is 1. The van der Waals surface area contributed by atoms with Crippen molar-refractivity contribution in [3.8, 4) is 5.69 Å². The molecule has 134 valence electrons. The third-order valence-electron chi connectivity index (χ3n) is 3.29. The van der Waals surface area contributed by atoms with Gasteiger partial charge in [0.2, 0.25) is 5.13 Å². The maximum Gasteiger partial charge on any atom is 0.311 e. The molecule has 0 aliphatic heterocycles. The Bertz CT molecular complexity index is 908. The molecule has 0 spiro atoms. The Morgan fingerprint density at radius 1 is 1.50 bits per heavy atom. The Morgan fingerprint density at radius 3 is 3.15 bits per heavy atom. The van der Waals surface area contributed by atoms with E-state index in [1.807, 2.05) is 0 Å². The molecule has 26 heavy (non-hydrogen) atoms. The van der Waals surface area contributed by atoms with E-state index in [1.54, 1.807) is 41.5 Å². The summed E-state index contributed by atoms with van der Waals surface area (Å²) in [5.41, 5.74) is 4.65. The van der Waals surface area contributed by atoms with Gasteiger partial charge >= 0.3 is 5.97 Å². The second-order valence-corrected chi connectivity index (χ2v) is 6.01. The highest BCUT2D eigenvalue weighted by atomic mass is 32.1. The number of esters is 1. The Balaban J connectivity index is 1.69. The second-order valence-electron chi connectivity index (χ2n) is 5.15. The molecule has 3 aromatic rings. The Kier molecular flexibility index (Phi) is 5.69. The third-order valence-corrected chi connectivity index (χ3v) is 4.08. The first-order chi connectivity index (χ1) is 12.7. The highest BCUT2D eigenvalue weighted by Crippen LogP contribution is 2.17. The average molecular weight is 373 g/mol. The van der Waals surface area contributed by atoms with Gasteiger partial charge in [0.15, 0.2) is 0 Å². The van der Waals surface area contributed by atoms with E-state index in [9.17, 15) is 9.18 Å². The summed E-state index contributed by atoms with van der Waals surface area (Å²) in [7, 11) is 0. The summed E-state index contributed by atoms with van der Waals surface area (Å²) >= 11 is 1.31. The SMILES string of the molecule is CCOC(=O)Cc1csc(NN=Cc2cc(F)ccc2-n2cccn2)n1. The molecule has 0 saturated heterocycles. The van der Waals surface area contributed by atoms with E-state index in [0.29, 0.717) is 28.7 Å². The monoisotopic (exact) mass is 373 g/mol. The van der Waals surface area contributed by atoms with Crippen LogP contribution in [0.4, 0.5) is 9.52 Å². The van der Waals surface area contributed by atoms with Crippen molar-refractivity contribution < 1.29 is 13.9 Å². The lowest BCUT2D eigenvalue weighted by atomic mass is 10.2. The molecule has 0 radical (unpaired) electrons. The van der Waals surface area contributed by atoms with E-state index >= 15 is 0 Å². The first-order valence-corrected chi connectivity index (χ1v) is 8.72. The van der Waals surface area contributed by atoms with Crippen molar-refractivity contribution in [1.82, 2.24) is 14.8 Å². The average Bonchev–Trinajstić information content (AvgIpc) is 3.27. The molecule has 0 fully saturated rings. The number of hydrogen-bond donors (Lipinski definition) is 1. The summed E-state index contributed by atoms with van der Waals surface area (Å²) in [6.07, 6.45) is 5.01. The highest BCUT2D eigenvalue weighted by molar-refractivity contribution is 7.13. The number of ether oxygens (including phenoxy) is 1. The van der Waals surface area contributed by atoms with Crippen LogP contribution in [0.5, 0.6) is 0 Å². The van der Waals surface area contributed by atoms with Crippen LogP contribution in [0, 0.1) is 5.82 Å². The molecule has 0 amide bonds. The minimum atomic E-state index is -0.367. The third kappa shape index (κ3) is 4.51. The van der Waals surface area contributed by atoms with Crippen LogP contribution in [-0.4, -0.2) is 33.6 Å². The number of carbonyl (C=O) groups excluding carboxylic acids is 1. The number of thiazole rings is 1. The fourth-order valence-electron chi connectivity index (χ4n) is 2.21. The van der Waals surface area contributed by atoms with Gasteiger partial charge in [0.1, 0.15) is 5.82 Å². The van der Waals surface area contributed by atoms with Crippen LogP contribution in [0.25, 0.3) is 5.69 Å². The predicted octanol–water partition coefficient (Wildman–Crippen LogP) is 3.02. The van der Waals surface area contributed by atoms with Gasteiger partial charge in [-0.1, -0.05) is 0 Å². The Labute approximate surface area is 153 Å². The number of nitrogens with one attached hydrogen (secondary N) is 1. The standard InChI is InChI=1S/C17H16FN5O2S/c1-2-25-16(24)9-14-11-26-17(21-14)22-19-10-12-8-13(18)4-5-15(12)23-7-3-6-20-23/h3-8,10-11H,2,9H2,1H3,(H,21,22).